The second-order valence-corrected chi connectivity index (χ2v) is 21.6. The average Bonchev–Trinajstić information content (AvgIpc) is 2.97. The predicted octanol–water partition coefficient (Wildman–Crippen LogP) is 5.48. The van der Waals surface area contributed by atoms with Crippen LogP contribution in [0.25, 0.3) is 0 Å². The molecule has 0 saturated heterocycles. The van der Waals surface area contributed by atoms with Crippen LogP contribution in [0.2, 0.25) is 9.36 Å². The molecule has 0 unspecified atom stereocenters. The van der Waals surface area contributed by atoms with Gasteiger partial charge >= 0.3 is 111 Å². The molecule has 2 aliphatic rings. The van der Waals surface area contributed by atoms with Gasteiger partial charge in [-0.3, -0.25) is 0 Å². The molecule has 0 radical (unpaired) electrons. The van der Waals surface area contributed by atoms with Crippen molar-refractivity contribution in [1.82, 2.24) is 0 Å². The van der Waals surface area contributed by atoms with Crippen molar-refractivity contribution in [3.63, 3.8) is 0 Å². The summed E-state index contributed by atoms with van der Waals surface area (Å²) in [7, 11) is 0. The first kappa shape index (κ1) is 13.3. The molecule has 0 bridgehead atoms. The third kappa shape index (κ3) is 2.36. The van der Waals surface area contributed by atoms with Gasteiger partial charge in [0.25, 0.3) is 0 Å². The zero-order valence-corrected chi connectivity index (χ0v) is 15.2. The molecule has 0 aliphatic heterocycles. The van der Waals surface area contributed by atoms with E-state index in [2.05, 4.69) is 47.5 Å². The topological polar surface area (TPSA) is 0 Å². The van der Waals surface area contributed by atoms with Crippen LogP contribution in [0.5, 0.6) is 0 Å². The van der Waals surface area contributed by atoms with Crippen LogP contribution < -0.4 is 0 Å². The van der Waals surface area contributed by atoms with Gasteiger partial charge in [-0.15, -0.1) is 0 Å². The van der Waals surface area contributed by atoms with Crippen molar-refractivity contribution in [3.05, 3.63) is 42.1 Å². The Labute approximate surface area is 111 Å². The van der Waals surface area contributed by atoms with E-state index in [1.165, 1.54) is 25.7 Å². The molecule has 0 spiro atoms. The van der Waals surface area contributed by atoms with Crippen LogP contribution in [0.1, 0.15) is 39.5 Å². The SMILES string of the molecule is CCC1=[C]([Hf]([CH3])([CH3])[C]2=C(CC)C=CC2)CC=C1. The summed E-state index contributed by atoms with van der Waals surface area (Å²) < 4.78 is 8.99. The van der Waals surface area contributed by atoms with Crippen molar-refractivity contribution < 1.29 is 20.0 Å². The molecule has 2 rings (SSSR count). The van der Waals surface area contributed by atoms with Gasteiger partial charge < -0.3 is 0 Å². The molecule has 2 aliphatic carbocycles. The van der Waals surface area contributed by atoms with Crippen LogP contribution in [0.4, 0.5) is 0 Å². The molecule has 92 valence electrons. The molecule has 0 heterocycles. The quantitative estimate of drug-likeness (QED) is 0.553. The van der Waals surface area contributed by atoms with E-state index in [1.54, 1.807) is 11.1 Å². The molecule has 1 heteroatoms. The summed E-state index contributed by atoms with van der Waals surface area (Å²) in [5, 5.41) is 0. The summed E-state index contributed by atoms with van der Waals surface area (Å²) in [6.45, 7) is 4.61. The van der Waals surface area contributed by atoms with Crippen molar-refractivity contribution in [2.24, 2.45) is 0 Å². The Balaban J connectivity index is 2.38. The number of hydrogen-bond donors (Lipinski definition) is 0. The van der Waals surface area contributed by atoms with Crippen molar-refractivity contribution in [2.75, 3.05) is 0 Å². The predicted molar refractivity (Wildman–Crippen MR) is 73.9 cm³/mol. The number of hydrogen-bond acceptors (Lipinski definition) is 0. The van der Waals surface area contributed by atoms with Crippen molar-refractivity contribution >= 4 is 0 Å². The fourth-order valence-corrected chi connectivity index (χ4v) is 16.7. The van der Waals surface area contributed by atoms with Crippen LogP contribution in [0, 0.1) is 0 Å². The van der Waals surface area contributed by atoms with E-state index in [9.17, 15) is 0 Å². The Kier molecular flexibility index (Phi) is 4.07. The molecule has 0 saturated carbocycles. The first-order valence-corrected chi connectivity index (χ1v) is 17.7. The number of allylic oxidation sites excluding steroid dienone is 8. The van der Waals surface area contributed by atoms with Crippen molar-refractivity contribution in [1.29, 1.82) is 0 Å². The van der Waals surface area contributed by atoms with Gasteiger partial charge in [0.1, 0.15) is 0 Å². The van der Waals surface area contributed by atoms with Gasteiger partial charge in [-0.1, -0.05) is 0 Å². The maximum atomic E-state index is 2.63. The average molecular weight is 395 g/mol. The van der Waals surface area contributed by atoms with Crippen molar-refractivity contribution in [3.8, 4) is 0 Å². The molecule has 0 aromatic rings. The molecule has 0 amide bonds. The van der Waals surface area contributed by atoms with E-state index in [1.807, 2.05) is 6.66 Å². The van der Waals surface area contributed by atoms with Crippen LogP contribution in [-0.4, -0.2) is 0 Å². The zero-order chi connectivity index (χ0) is 12.5. The maximum absolute atomic E-state index is 2.63. The van der Waals surface area contributed by atoms with Gasteiger partial charge in [-0.05, 0) is 0 Å². The molecule has 0 nitrogen and oxygen atoms in total. The van der Waals surface area contributed by atoms with Gasteiger partial charge in [0, 0.05) is 0 Å². The second-order valence-electron chi connectivity index (χ2n) is 5.55. The van der Waals surface area contributed by atoms with Crippen LogP contribution >= 0.6 is 0 Å². The van der Waals surface area contributed by atoms with E-state index in [-0.39, 0.29) is 0 Å². The zero-order valence-electron chi connectivity index (χ0n) is 11.6. The van der Waals surface area contributed by atoms with E-state index in [0.29, 0.717) is 0 Å². The van der Waals surface area contributed by atoms with Gasteiger partial charge in [0.2, 0.25) is 0 Å². The molecule has 0 atom stereocenters. The fourth-order valence-electron chi connectivity index (χ4n) is 3.26. The van der Waals surface area contributed by atoms with Crippen LogP contribution in [-0.2, 0) is 20.0 Å². The summed E-state index contributed by atoms with van der Waals surface area (Å²) >= 11 is -2.34. The third-order valence-electron chi connectivity index (χ3n) is 4.33. The summed E-state index contributed by atoms with van der Waals surface area (Å²) in [6, 6.07) is 0. The number of rotatable bonds is 4. The van der Waals surface area contributed by atoms with E-state index < -0.39 is 20.0 Å². The second kappa shape index (κ2) is 5.22. The molecular formula is C16H24Hf. The fraction of sp³-hybridized carbons (Fsp3) is 0.500. The molecular weight excluding hydrogens is 371 g/mol. The molecule has 0 N–H and O–H groups in total. The van der Waals surface area contributed by atoms with E-state index in [0.717, 1.165) is 0 Å². The van der Waals surface area contributed by atoms with E-state index >= 15 is 0 Å². The third-order valence-corrected chi connectivity index (χ3v) is 18.9. The summed E-state index contributed by atoms with van der Waals surface area (Å²) in [4.78, 5) is 0. The van der Waals surface area contributed by atoms with Crippen LogP contribution in [0.3, 0.4) is 0 Å². The molecule has 0 aromatic heterocycles. The standard InChI is InChI=1S/2C7H9.2CH3.Hf/c2*1-2-7-5-3-4-6-7;;;/h2*3,5H,2,4H2,1H3;2*1H3;. The summed E-state index contributed by atoms with van der Waals surface area (Å²) in [6.07, 6.45) is 14.5. The Morgan fingerprint density at radius 3 is 1.65 bits per heavy atom. The Bertz CT molecular complexity index is 390. The van der Waals surface area contributed by atoms with Gasteiger partial charge in [0.05, 0.1) is 0 Å². The van der Waals surface area contributed by atoms with Gasteiger partial charge in [-0.25, -0.2) is 0 Å². The normalized spacial score (nSPS) is 20.0. The summed E-state index contributed by atoms with van der Waals surface area (Å²) in [5.41, 5.74) is 3.32. The molecule has 0 fully saturated rings. The first-order chi connectivity index (χ1) is 8.11. The molecule has 17 heavy (non-hydrogen) atoms. The van der Waals surface area contributed by atoms with Crippen LogP contribution in [0.15, 0.2) is 42.1 Å². The first-order valence-electron chi connectivity index (χ1n) is 6.89. The monoisotopic (exact) mass is 396 g/mol. The van der Waals surface area contributed by atoms with E-state index in [4.69, 9.17) is 0 Å². The minimum absolute atomic E-state index is 1.22. The minimum atomic E-state index is -2.34. The van der Waals surface area contributed by atoms with Gasteiger partial charge in [-0.2, -0.15) is 0 Å². The summed E-state index contributed by atoms with van der Waals surface area (Å²) in [5.74, 6) is 0. The Morgan fingerprint density at radius 2 is 1.29 bits per heavy atom. The van der Waals surface area contributed by atoms with Gasteiger partial charge in [0.15, 0.2) is 0 Å². The van der Waals surface area contributed by atoms with Crippen molar-refractivity contribution in [2.45, 2.75) is 48.9 Å². The Hall–Kier alpha value is -0.170. The Morgan fingerprint density at radius 1 is 0.882 bits per heavy atom. The molecule has 0 aromatic carbocycles.